The molecule has 350 valence electrons. The van der Waals surface area contributed by atoms with E-state index in [1.165, 1.54) is 55.2 Å². The SMILES string of the molecule is C/C=C/OCCN(/N=C/c1cc(C2CCC(OCCCCOCC3CCC4OC4C3)CC2)ccc1C1CCC(OCCCCOCC2CCC3OC3C2)CC1)c1nc2ccccc2s1. The van der Waals surface area contributed by atoms with Crippen LogP contribution < -0.4 is 5.01 Å². The van der Waals surface area contributed by atoms with E-state index in [9.17, 15) is 0 Å². The number of ether oxygens (including phenoxy) is 7. The molecule has 2 saturated heterocycles. The summed E-state index contributed by atoms with van der Waals surface area (Å²) in [6.07, 6.45) is 29.3. The molecule has 11 heteroatoms. The summed E-state index contributed by atoms with van der Waals surface area (Å²) in [6, 6.07) is 15.6. The topological polar surface area (TPSA) is 99.7 Å². The number of epoxide rings is 2. The van der Waals surface area contributed by atoms with E-state index >= 15 is 0 Å². The fourth-order valence-corrected chi connectivity index (χ4v) is 11.9. The molecule has 10 nitrogen and oxygen atoms in total. The van der Waals surface area contributed by atoms with Gasteiger partial charge in [-0.2, -0.15) is 5.10 Å². The lowest BCUT2D eigenvalue weighted by Crippen LogP contribution is -2.23. The number of anilines is 1. The second-order valence-electron chi connectivity index (χ2n) is 19.6. The minimum Gasteiger partial charge on any atom is -0.500 e. The molecule has 4 aliphatic carbocycles. The Morgan fingerprint density at radius 3 is 1.94 bits per heavy atom. The summed E-state index contributed by atoms with van der Waals surface area (Å²) in [7, 11) is 0. The fourth-order valence-electron chi connectivity index (χ4n) is 10.9. The smallest absolute Gasteiger partial charge is 0.207 e. The van der Waals surface area contributed by atoms with Gasteiger partial charge in [0.15, 0.2) is 0 Å². The monoisotopic (exact) mass is 898 g/mol. The van der Waals surface area contributed by atoms with E-state index in [4.69, 9.17) is 43.2 Å². The average Bonchev–Trinajstić information content (AvgIpc) is 4.25. The third-order valence-electron chi connectivity index (χ3n) is 14.9. The van der Waals surface area contributed by atoms with E-state index < -0.39 is 0 Å². The van der Waals surface area contributed by atoms with Crippen LogP contribution >= 0.6 is 11.3 Å². The van der Waals surface area contributed by atoms with Crippen LogP contribution in [-0.2, 0) is 33.2 Å². The molecule has 1 aromatic heterocycles. The van der Waals surface area contributed by atoms with Crippen LogP contribution in [0.1, 0.15) is 151 Å². The standard InChI is InChI=1S/C53H75N3O7S/c1-2-26-57-31-25-56(53-55-47-9-3-4-10-52(47)64-53)54-35-43-34-42(40-13-18-44(19-14-40)60-29-7-5-27-58-36-38-11-23-48-50(32-38)62-48)17-22-46(43)41-15-20-45(21-16-41)61-30-8-6-28-59-37-39-12-24-49-51(33-39)63-49/h2-4,9-10,17,22,26,34-35,38-41,44-45,48-51H,5-8,11-16,18-21,23-25,27-33,36-37H2,1H3/b26-2+,54-35+. The number of hydrazone groups is 1. The fraction of sp³-hybridized carbons (Fsp3) is 0.698. The van der Waals surface area contributed by atoms with Gasteiger partial charge in [-0.3, -0.25) is 0 Å². The predicted molar refractivity (Wildman–Crippen MR) is 256 cm³/mol. The molecule has 6 fully saturated rings. The summed E-state index contributed by atoms with van der Waals surface area (Å²) in [5.74, 6) is 2.38. The minimum absolute atomic E-state index is 0.340. The van der Waals surface area contributed by atoms with Crippen molar-refractivity contribution in [2.45, 2.75) is 171 Å². The number of benzene rings is 2. The third kappa shape index (κ3) is 13.4. The first kappa shape index (κ1) is 46.2. The maximum atomic E-state index is 6.45. The van der Waals surface area contributed by atoms with Gasteiger partial charge < -0.3 is 33.2 Å². The van der Waals surface area contributed by atoms with Gasteiger partial charge in [-0.05, 0) is 181 Å². The molecule has 9 rings (SSSR count). The van der Waals surface area contributed by atoms with E-state index in [-0.39, 0.29) is 0 Å². The highest BCUT2D eigenvalue weighted by atomic mass is 32.1. The van der Waals surface area contributed by atoms with Crippen LogP contribution in [0.25, 0.3) is 10.2 Å². The number of thiazole rings is 1. The number of hydrogen-bond donors (Lipinski definition) is 0. The number of hydrogen-bond acceptors (Lipinski definition) is 11. The molecular formula is C53H75N3O7S. The second-order valence-corrected chi connectivity index (χ2v) is 20.6. The van der Waals surface area contributed by atoms with Crippen molar-refractivity contribution < 1.29 is 33.2 Å². The van der Waals surface area contributed by atoms with Crippen molar-refractivity contribution in [2.75, 3.05) is 57.8 Å². The van der Waals surface area contributed by atoms with E-state index in [2.05, 4.69) is 42.6 Å². The van der Waals surface area contributed by atoms with Crippen LogP contribution in [0.5, 0.6) is 0 Å². The lowest BCUT2D eigenvalue weighted by atomic mass is 9.78. The van der Waals surface area contributed by atoms with Crippen molar-refractivity contribution >= 4 is 32.9 Å². The minimum atomic E-state index is 0.340. The summed E-state index contributed by atoms with van der Waals surface area (Å²) in [5, 5.41) is 8.10. The number of unbranched alkanes of at least 4 members (excludes halogenated alkanes) is 2. The Bertz CT molecular complexity index is 1890. The molecule has 0 amide bonds. The molecule has 2 aromatic carbocycles. The second kappa shape index (κ2) is 23.7. The molecule has 2 aliphatic heterocycles. The molecular weight excluding hydrogens is 823 g/mol. The largest absolute Gasteiger partial charge is 0.500 e. The summed E-state index contributed by atoms with van der Waals surface area (Å²) >= 11 is 1.68. The van der Waals surface area contributed by atoms with Crippen LogP contribution in [0.3, 0.4) is 0 Å². The Morgan fingerprint density at radius 1 is 0.688 bits per heavy atom. The van der Waals surface area contributed by atoms with Gasteiger partial charge in [0.25, 0.3) is 0 Å². The predicted octanol–water partition coefficient (Wildman–Crippen LogP) is 11.5. The van der Waals surface area contributed by atoms with Gasteiger partial charge in [-0.1, -0.05) is 41.7 Å². The molecule has 6 unspecified atom stereocenters. The van der Waals surface area contributed by atoms with E-state index in [1.807, 2.05) is 24.1 Å². The number of allylic oxidation sites excluding steroid dienone is 1. The number of para-hydroxylation sites is 1. The Hall–Kier alpha value is -2.90. The van der Waals surface area contributed by atoms with Crippen LogP contribution in [0, 0.1) is 11.8 Å². The van der Waals surface area contributed by atoms with Crippen molar-refractivity contribution in [1.82, 2.24) is 4.98 Å². The summed E-state index contributed by atoms with van der Waals surface area (Å²) in [4.78, 5) is 4.98. The summed E-state index contributed by atoms with van der Waals surface area (Å²) in [6.45, 7) is 8.22. The van der Waals surface area contributed by atoms with E-state index in [0.29, 0.717) is 73.4 Å². The molecule has 0 radical (unpaired) electrons. The summed E-state index contributed by atoms with van der Waals surface area (Å²) in [5.41, 5.74) is 5.06. The lowest BCUT2D eigenvalue weighted by molar-refractivity contribution is 0.0173. The van der Waals surface area contributed by atoms with Crippen LogP contribution in [-0.4, -0.2) is 101 Å². The maximum Gasteiger partial charge on any atom is 0.207 e. The van der Waals surface area contributed by atoms with Crippen molar-refractivity contribution in [1.29, 1.82) is 0 Å². The Kier molecular flexibility index (Phi) is 17.1. The van der Waals surface area contributed by atoms with Gasteiger partial charge in [0.05, 0.1) is 65.9 Å². The molecule has 3 heterocycles. The van der Waals surface area contributed by atoms with Crippen LogP contribution in [0.15, 0.2) is 59.9 Å². The zero-order valence-corrected chi connectivity index (χ0v) is 39.4. The van der Waals surface area contributed by atoms with Gasteiger partial charge in [-0.25, -0.2) is 9.99 Å². The number of fused-ring (bicyclic) bond motifs is 3. The van der Waals surface area contributed by atoms with Crippen LogP contribution in [0.4, 0.5) is 5.13 Å². The number of aromatic nitrogens is 1. The van der Waals surface area contributed by atoms with Crippen LogP contribution in [0.2, 0.25) is 0 Å². The molecule has 3 aromatic rings. The van der Waals surface area contributed by atoms with Gasteiger partial charge in [0.1, 0.15) is 6.61 Å². The molecule has 0 N–H and O–H groups in total. The Balaban J connectivity index is 0.769. The molecule has 0 bridgehead atoms. The van der Waals surface area contributed by atoms with Crippen molar-refractivity contribution in [2.24, 2.45) is 16.9 Å². The molecule has 64 heavy (non-hydrogen) atoms. The van der Waals surface area contributed by atoms with Gasteiger partial charge in [-0.15, -0.1) is 0 Å². The Morgan fingerprint density at radius 2 is 1.31 bits per heavy atom. The lowest BCUT2D eigenvalue weighted by Gasteiger charge is -2.31. The zero-order valence-electron chi connectivity index (χ0n) is 38.5. The van der Waals surface area contributed by atoms with Gasteiger partial charge in [0, 0.05) is 39.6 Å². The van der Waals surface area contributed by atoms with E-state index in [0.717, 1.165) is 132 Å². The highest BCUT2D eigenvalue weighted by Crippen LogP contribution is 2.42. The number of nitrogens with zero attached hydrogens (tertiary/aromatic N) is 3. The first-order valence-corrected chi connectivity index (χ1v) is 26.2. The Labute approximate surface area is 386 Å². The molecule has 0 spiro atoms. The number of rotatable bonds is 25. The highest BCUT2D eigenvalue weighted by Gasteiger charge is 2.44. The molecule has 4 saturated carbocycles. The zero-order chi connectivity index (χ0) is 43.3. The average molecular weight is 898 g/mol. The summed E-state index contributed by atoms with van der Waals surface area (Å²) < 4.78 is 43.3. The maximum absolute atomic E-state index is 6.45. The first-order chi connectivity index (χ1) is 31.6. The molecule has 6 atom stereocenters. The van der Waals surface area contributed by atoms with E-state index in [1.54, 1.807) is 17.6 Å². The van der Waals surface area contributed by atoms with Crippen molar-refractivity contribution in [3.05, 3.63) is 71.5 Å². The van der Waals surface area contributed by atoms with Crippen molar-refractivity contribution in [3.8, 4) is 0 Å². The quantitative estimate of drug-likeness (QED) is 0.0271. The third-order valence-corrected chi connectivity index (χ3v) is 15.9. The van der Waals surface area contributed by atoms with Crippen molar-refractivity contribution in [3.63, 3.8) is 0 Å². The first-order valence-electron chi connectivity index (χ1n) is 25.4. The van der Waals surface area contributed by atoms with Gasteiger partial charge in [0.2, 0.25) is 5.13 Å². The highest BCUT2D eigenvalue weighted by molar-refractivity contribution is 7.22. The normalized spacial score (nSPS) is 30.1. The van der Waals surface area contributed by atoms with Gasteiger partial charge >= 0.3 is 0 Å². The molecule has 6 aliphatic rings.